The molecule has 1 N–H and O–H groups in total. The Bertz CT molecular complexity index is 914. The van der Waals surface area contributed by atoms with E-state index >= 15 is 0 Å². The van der Waals surface area contributed by atoms with Gasteiger partial charge in [-0.05, 0) is 35.2 Å². The van der Waals surface area contributed by atoms with Crippen molar-refractivity contribution in [3.8, 4) is 0 Å². The zero-order valence-electron chi connectivity index (χ0n) is 15.4. The molecule has 3 aliphatic rings. The minimum Gasteiger partial charge on any atom is -0.371 e. The van der Waals surface area contributed by atoms with E-state index in [2.05, 4.69) is 22.4 Å². The Kier molecular flexibility index (Phi) is 4.36. The lowest BCUT2D eigenvalue weighted by atomic mass is 9.87. The fourth-order valence-corrected chi connectivity index (χ4v) is 4.51. The molecule has 4 atom stereocenters. The van der Waals surface area contributed by atoms with E-state index in [9.17, 15) is 9.18 Å². The molecule has 28 heavy (non-hydrogen) atoms. The second-order valence-corrected chi connectivity index (χ2v) is 7.61. The summed E-state index contributed by atoms with van der Waals surface area (Å²) < 4.78 is 19.4. The number of carbonyl (C=O) groups excluding carboxylic acids is 1. The molecule has 5 rings (SSSR count). The van der Waals surface area contributed by atoms with E-state index in [1.165, 1.54) is 17.7 Å². The Morgan fingerprint density at radius 1 is 1.18 bits per heavy atom. The van der Waals surface area contributed by atoms with Crippen LogP contribution >= 0.6 is 0 Å². The molecule has 0 aromatic heterocycles. The van der Waals surface area contributed by atoms with Crippen LogP contribution in [0.3, 0.4) is 0 Å². The molecule has 144 valence electrons. The lowest BCUT2D eigenvalue weighted by molar-refractivity contribution is -0.149. The molecule has 1 fully saturated rings. The molecule has 2 aromatic rings. The van der Waals surface area contributed by atoms with E-state index in [-0.39, 0.29) is 29.8 Å². The maximum Gasteiger partial charge on any atom is 0.252 e. The van der Waals surface area contributed by atoms with Gasteiger partial charge in [-0.2, -0.15) is 0 Å². The van der Waals surface area contributed by atoms with Crippen molar-refractivity contribution in [2.45, 2.75) is 37.1 Å². The third-order valence-electron chi connectivity index (χ3n) is 5.98. The number of halogens is 1. The van der Waals surface area contributed by atoms with Crippen LogP contribution in [0.5, 0.6) is 0 Å². The van der Waals surface area contributed by atoms with Crippen molar-refractivity contribution in [1.29, 1.82) is 0 Å². The number of ether oxygens (including phenoxy) is 1. The zero-order chi connectivity index (χ0) is 19.1. The lowest BCUT2D eigenvalue weighted by Gasteiger charge is -2.41. The molecule has 0 aliphatic carbocycles. The van der Waals surface area contributed by atoms with Crippen LogP contribution in [0.2, 0.25) is 0 Å². The third-order valence-corrected chi connectivity index (χ3v) is 5.98. The Labute approximate surface area is 163 Å². The van der Waals surface area contributed by atoms with Crippen molar-refractivity contribution in [3.05, 3.63) is 71.0 Å². The molecule has 0 unspecified atom stereocenters. The van der Waals surface area contributed by atoms with Crippen LogP contribution in [0, 0.1) is 5.82 Å². The second-order valence-electron chi connectivity index (χ2n) is 7.61. The first-order valence-corrected chi connectivity index (χ1v) is 9.74. The summed E-state index contributed by atoms with van der Waals surface area (Å²) in [6.45, 7) is 1.08. The predicted molar refractivity (Wildman–Crippen MR) is 104 cm³/mol. The molecule has 2 aromatic carbocycles. The first-order valence-electron chi connectivity index (χ1n) is 9.74. The maximum absolute atomic E-state index is 13.5. The van der Waals surface area contributed by atoms with Crippen molar-refractivity contribution in [1.82, 2.24) is 10.2 Å². The highest BCUT2D eigenvalue weighted by molar-refractivity contribution is 5.82. The van der Waals surface area contributed by atoms with E-state index in [4.69, 9.17) is 4.74 Å². The van der Waals surface area contributed by atoms with Gasteiger partial charge in [-0.1, -0.05) is 36.4 Å². The number of carbonyl (C=O) groups is 1. The van der Waals surface area contributed by atoms with Crippen LogP contribution in [0.4, 0.5) is 4.39 Å². The van der Waals surface area contributed by atoms with Gasteiger partial charge in [0.2, 0.25) is 0 Å². The fourth-order valence-electron chi connectivity index (χ4n) is 4.51. The van der Waals surface area contributed by atoms with Crippen LogP contribution in [0.25, 0.3) is 0 Å². The Hall–Kier alpha value is -2.73. The standard InChI is InChI=1S/C22H22FN3O2/c23-16-7-5-15(6-8-16)21-17-4-2-1-3-14(17)9-10-26(21)22(27)20-11-18-19(12-28-20)25-13-24-18/h1-8,13,18-21H,9-12H2,(H,24,25)/t18-,19+,20+,21-/m0/s1. The van der Waals surface area contributed by atoms with E-state index in [0.717, 1.165) is 17.5 Å². The van der Waals surface area contributed by atoms with Gasteiger partial charge in [0.25, 0.3) is 5.91 Å². The van der Waals surface area contributed by atoms with Gasteiger partial charge in [-0.25, -0.2) is 4.39 Å². The van der Waals surface area contributed by atoms with E-state index in [0.29, 0.717) is 19.6 Å². The number of nitrogens with one attached hydrogen (secondary N) is 1. The largest absolute Gasteiger partial charge is 0.371 e. The summed E-state index contributed by atoms with van der Waals surface area (Å²) in [5, 5.41) is 3.23. The Balaban J connectivity index is 1.47. The fraction of sp³-hybridized carbons (Fsp3) is 0.364. The SMILES string of the molecule is O=C([C@H]1C[C@@H]2NC=N[C@@H]2CO1)N1CCc2ccccc2[C@@H]1c1ccc(F)cc1. The van der Waals surface area contributed by atoms with E-state index in [1.54, 1.807) is 18.5 Å². The smallest absolute Gasteiger partial charge is 0.252 e. The van der Waals surface area contributed by atoms with Crippen LogP contribution < -0.4 is 5.32 Å². The second kappa shape index (κ2) is 7.02. The van der Waals surface area contributed by atoms with Crippen molar-refractivity contribution in [3.63, 3.8) is 0 Å². The summed E-state index contributed by atoms with van der Waals surface area (Å²) >= 11 is 0. The van der Waals surface area contributed by atoms with Crippen molar-refractivity contribution in [2.24, 2.45) is 4.99 Å². The van der Waals surface area contributed by atoms with Crippen molar-refractivity contribution >= 4 is 12.2 Å². The third kappa shape index (κ3) is 2.98. The quantitative estimate of drug-likeness (QED) is 0.872. The summed E-state index contributed by atoms with van der Waals surface area (Å²) in [6.07, 6.45) is 2.64. The monoisotopic (exact) mass is 379 g/mol. The van der Waals surface area contributed by atoms with Gasteiger partial charge >= 0.3 is 0 Å². The molecule has 3 heterocycles. The van der Waals surface area contributed by atoms with E-state index in [1.807, 2.05) is 17.0 Å². The average Bonchev–Trinajstić information content (AvgIpc) is 3.21. The molecular formula is C22H22FN3O2. The number of amides is 1. The van der Waals surface area contributed by atoms with Gasteiger partial charge in [-0.15, -0.1) is 0 Å². The average molecular weight is 379 g/mol. The first-order chi connectivity index (χ1) is 13.7. The van der Waals surface area contributed by atoms with Gasteiger partial charge in [0.15, 0.2) is 0 Å². The van der Waals surface area contributed by atoms with Gasteiger partial charge in [-0.3, -0.25) is 9.79 Å². The molecule has 0 spiro atoms. The highest BCUT2D eigenvalue weighted by atomic mass is 19.1. The highest BCUT2D eigenvalue weighted by Crippen LogP contribution is 2.36. The first kappa shape index (κ1) is 17.4. The number of hydrogen-bond donors (Lipinski definition) is 1. The number of fused-ring (bicyclic) bond motifs is 2. The lowest BCUT2D eigenvalue weighted by Crippen LogP contribution is -2.52. The van der Waals surface area contributed by atoms with Crippen LogP contribution in [-0.4, -0.2) is 48.5 Å². The number of aliphatic imine (C=N–C) groups is 1. The number of nitrogens with zero attached hydrogens (tertiary/aromatic N) is 2. The summed E-state index contributed by atoms with van der Waals surface area (Å²) in [5.74, 6) is -0.282. The van der Waals surface area contributed by atoms with Crippen LogP contribution in [0.15, 0.2) is 53.5 Å². The molecule has 1 saturated heterocycles. The maximum atomic E-state index is 13.5. The van der Waals surface area contributed by atoms with Gasteiger partial charge in [0.1, 0.15) is 11.9 Å². The van der Waals surface area contributed by atoms with Gasteiger partial charge in [0.05, 0.1) is 31.1 Å². The highest BCUT2D eigenvalue weighted by Gasteiger charge is 2.41. The summed E-state index contributed by atoms with van der Waals surface area (Å²) in [7, 11) is 0. The molecule has 0 radical (unpaired) electrons. The van der Waals surface area contributed by atoms with Gasteiger partial charge < -0.3 is 15.0 Å². The molecule has 5 nitrogen and oxygen atoms in total. The molecule has 6 heteroatoms. The van der Waals surface area contributed by atoms with Crippen molar-refractivity contribution < 1.29 is 13.9 Å². The van der Waals surface area contributed by atoms with Crippen LogP contribution in [-0.2, 0) is 16.0 Å². The molecule has 1 amide bonds. The zero-order valence-corrected chi connectivity index (χ0v) is 15.4. The summed E-state index contributed by atoms with van der Waals surface area (Å²) in [5.41, 5.74) is 3.25. The molecule has 0 saturated carbocycles. The summed E-state index contributed by atoms with van der Waals surface area (Å²) in [6, 6.07) is 14.7. The number of rotatable bonds is 2. The molecular weight excluding hydrogens is 357 g/mol. The van der Waals surface area contributed by atoms with E-state index < -0.39 is 6.10 Å². The van der Waals surface area contributed by atoms with Crippen LogP contribution in [0.1, 0.15) is 29.2 Å². The van der Waals surface area contributed by atoms with Crippen molar-refractivity contribution in [2.75, 3.05) is 13.2 Å². The number of hydrogen-bond acceptors (Lipinski definition) is 4. The Morgan fingerprint density at radius 2 is 2.00 bits per heavy atom. The minimum absolute atomic E-state index is 0.00372. The predicted octanol–water partition coefficient (Wildman–Crippen LogP) is 2.46. The minimum atomic E-state index is -0.483. The topological polar surface area (TPSA) is 53.9 Å². The number of benzene rings is 2. The molecule has 0 bridgehead atoms. The normalized spacial score (nSPS) is 28.4. The van der Waals surface area contributed by atoms with Gasteiger partial charge in [0, 0.05) is 13.0 Å². The summed E-state index contributed by atoms with van der Waals surface area (Å²) in [4.78, 5) is 19.7. The Morgan fingerprint density at radius 3 is 2.86 bits per heavy atom. The molecule has 3 aliphatic heterocycles.